The zero-order chi connectivity index (χ0) is 31.3. The van der Waals surface area contributed by atoms with Gasteiger partial charge in [0, 0.05) is 13.6 Å². The number of ether oxygens (including phenoxy) is 2. The molecule has 1 atom stereocenters. The lowest BCUT2D eigenvalue weighted by atomic mass is 10.0. The molecule has 240 valence electrons. The number of benzene rings is 3. The van der Waals surface area contributed by atoms with Crippen molar-refractivity contribution in [2.75, 3.05) is 33.3 Å². The summed E-state index contributed by atoms with van der Waals surface area (Å²) in [7, 11) is 1.83. The minimum absolute atomic E-state index is 0. The topological polar surface area (TPSA) is 94.2 Å². The Bertz CT molecular complexity index is 1650. The zero-order valence-electron chi connectivity index (χ0n) is 26.5. The number of amides is 1. The van der Waals surface area contributed by atoms with Gasteiger partial charge in [-0.2, -0.15) is 13.5 Å². The van der Waals surface area contributed by atoms with Gasteiger partial charge < -0.3 is 23.7 Å². The summed E-state index contributed by atoms with van der Waals surface area (Å²) in [6, 6.07) is 22.5. The lowest BCUT2D eigenvalue weighted by molar-refractivity contribution is -0.157. The van der Waals surface area contributed by atoms with Crippen molar-refractivity contribution in [3.05, 3.63) is 100 Å². The number of hydrogen-bond donors (Lipinski definition) is 0. The maximum Gasteiger partial charge on any atom is 0.420 e. The van der Waals surface area contributed by atoms with Gasteiger partial charge in [-0.15, -0.1) is 0 Å². The van der Waals surface area contributed by atoms with Gasteiger partial charge in [0.2, 0.25) is 5.91 Å². The molecule has 0 N–H and O–H groups in total. The first kappa shape index (κ1) is 33.9. The Balaban J connectivity index is 0.00000461. The van der Waals surface area contributed by atoms with Crippen molar-refractivity contribution in [1.82, 2.24) is 14.4 Å². The second-order valence-electron chi connectivity index (χ2n) is 12.4. The largest absolute Gasteiger partial charge is 0.482 e. The highest BCUT2D eigenvalue weighted by molar-refractivity contribution is 7.59. The minimum atomic E-state index is -0.590. The van der Waals surface area contributed by atoms with Crippen LogP contribution in [0.3, 0.4) is 0 Å². The molecule has 1 saturated heterocycles. The maximum atomic E-state index is 13.8. The summed E-state index contributed by atoms with van der Waals surface area (Å²) in [5.41, 5.74) is 3.28. The Labute approximate surface area is 271 Å². The number of oxazole rings is 1. The number of carbonyl (C=O) groups is 2. The van der Waals surface area contributed by atoms with Crippen molar-refractivity contribution in [2.24, 2.45) is 0 Å². The van der Waals surface area contributed by atoms with Crippen LogP contribution in [0.2, 0.25) is 0 Å². The monoisotopic (exact) mass is 633 g/mol. The predicted molar refractivity (Wildman–Crippen MR) is 179 cm³/mol. The molecule has 0 saturated carbocycles. The van der Waals surface area contributed by atoms with Gasteiger partial charge in [-0.25, -0.2) is 9.59 Å². The summed E-state index contributed by atoms with van der Waals surface area (Å²) in [4.78, 5) is 42.8. The average Bonchev–Trinajstić information content (AvgIpc) is 3.61. The number of nitrogens with zero attached hydrogens (tertiary/aromatic N) is 3. The molecular formula is C35H43N3O6S. The van der Waals surface area contributed by atoms with E-state index in [1.807, 2.05) is 88.5 Å². The molecule has 0 aliphatic carbocycles. The number of rotatable bonds is 11. The van der Waals surface area contributed by atoms with Crippen molar-refractivity contribution in [2.45, 2.75) is 58.2 Å². The molecule has 2 heterocycles. The van der Waals surface area contributed by atoms with Gasteiger partial charge in [0.25, 0.3) is 0 Å². The van der Waals surface area contributed by atoms with E-state index in [2.05, 4.69) is 4.90 Å². The van der Waals surface area contributed by atoms with Crippen LogP contribution in [0.4, 0.5) is 0 Å². The quantitative estimate of drug-likeness (QED) is 0.207. The summed E-state index contributed by atoms with van der Waals surface area (Å²) < 4.78 is 18.2. The molecule has 0 unspecified atom stereocenters. The summed E-state index contributed by atoms with van der Waals surface area (Å²) >= 11 is 0. The molecule has 3 aromatic carbocycles. The van der Waals surface area contributed by atoms with Gasteiger partial charge >= 0.3 is 11.7 Å². The van der Waals surface area contributed by atoms with Crippen LogP contribution in [0, 0.1) is 0 Å². The number of likely N-dealkylation sites (tertiary alicyclic amines) is 1. The van der Waals surface area contributed by atoms with E-state index in [1.54, 1.807) is 21.6 Å². The van der Waals surface area contributed by atoms with Crippen molar-refractivity contribution in [3.63, 3.8) is 0 Å². The first-order valence-corrected chi connectivity index (χ1v) is 15.1. The molecule has 5 rings (SSSR count). The first-order valence-electron chi connectivity index (χ1n) is 15.1. The third kappa shape index (κ3) is 9.02. The molecular weight excluding hydrogens is 590 g/mol. The molecule has 1 aliphatic rings. The van der Waals surface area contributed by atoms with Crippen LogP contribution in [0.15, 0.2) is 82.0 Å². The Morgan fingerprint density at radius 3 is 2.40 bits per heavy atom. The second kappa shape index (κ2) is 14.8. The van der Waals surface area contributed by atoms with Crippen molar-refractivity contribution < 1.29 is 23.5 Å². The standard InChI is InChI=1S/C35H41N3O6.H2S/c1-35(2,3)44-33(40)24-42-28-14-10-13-27(21-28)30(23-37-17-8-9-18-37)36(4)32(39)20-26-15-16-31-29(19-26)38(34(41)43-31)22-25-11-6-5-7-12-25;/h5-7,10-16,19,21,30H,8-9,17-18,20,22-24H2,1-4H3;1H2/t30-;/m1./s1. The first-order chi connectivity index (χ1) is 21.1. The molecule has 45 heavy (non-hydrogen) atoms. The lowest BCUT2D eigenvalue weighted by Gasteiger charge is -2.32. The van der Waals surface area contributed by atoms with Gasteiger partial charge in [-0.3, -0.25) is 9.36 Å². The highest BCUT2D eigenvalue weighted by Crippen LogP contribution is 2.27. The van der Waals surface area contributed by atoms with Gasteiger partial charge in [0.05, 0.1) is 24.5 Å². The van der Waals surface area contributed by atoms with E-state index in [4.69, 9.17) is 13.9 Å². The smallest absolute Gasteiger partial charge is 0.420 e. The zero-order valence-corrected chi connectivity index (χ0v) is 27.5. The Hall–Kier alpha value is -4.02. The SMILES string of the molecule is CN(C(=O)Cc1ccc2oc(=O)n(Cc3ccccc3)c2c1)[C@H](CN1CCCC1)c1cccc(OCC(=O)OC(C)(C)C)c1.S. The van der Waals surface area contributed by atoms with Gasteiger partial charge in [0.15, 0.2) is 12.2 Å². The van der Waals surface area contributed by atoms with Crippen LogP contribution >= 0.6 is 13.5 Å². The van der Waals surface area contributed by atoms with Gasteiger partial charge in [-0.05, 0) is 87.7 Å². The molecule has 1 aromatic heterocycles. The van der Waals surface area contributed by atoms with Crippen LogP contribution in [-0.4, -0.2) is 65.1 Å². The van der Waals surface area contributed by atoms with Crippen LogP contribution in [0.5, 0.6) is 5.75 Å². The maximum absolute atomic E-state index is 13.8. The fourth-order valence-electron chi connectivity index (χ4n) is 5.59. The second-order valence-corrected chi connectivity index (χ2v) is 12.4. The molecule has 4 aromatic rings. The molecule has 1 fully saturated rings. The number of likely N-dealkylation sites (N-methyl/N-ethyl adjacent to an activating group) is 1. The molecule has 10 heteroatoms. The Morgan fingerprint density at radius 2 is 1.69 bits per heavy atom. The average molecular weight is 634 g/mol. The number of esters is 1. The van der Waals surface area contributed by atoms with E-state index in [0.717, 1.165) is 42.6 Å². The van der Waals surface area contributed by atoms with Crippen LogP contribution in [-0.2, 0) is 27.3 Å². The summed E-state index contributed by atoms with van der Waals surface area (Å²) in [5.74, 6) is -0.368. The molecule has 0 spiro atoms. The number of aromatic nitrogens is 1. The normalized spacial score (nSPS) is 14.1. The number of hydrogen-bond acceptors (Lipinski definition) is 7. The van der Waals surface area contributed by atoms with E-state index in [1.165, 1.54) is 0 Å². The van der Waals surface area contributed by atoms with E-state index >= 15 is 0 Å². The predicted octanol–water partition coefficient (Wildman–Crippen LogP) is 5.31. The van der Waals surface area contributed by atoms with E-state index in [-0.39, 0.29) is 38.5 Å². The van der Waals surface area contributed by atoms with Gasteiger partial charge in [0.1, 0.15) is 11.4 Å². The summed E-state index contributed by atoms with van der Waals surface area (Å²) in [6.45, 7) is 8.31. The summed E-state index contributed by atoms with van der Waals surface area (Å²) in [6.07, 6.45) is 2.44. The van der Waals surface area contributed by atoms with Gasteiger partial charge in [-0.1, -0.05) is 48.5 Å². The van der Waals surface area contributed by atoms with Crippen molar-refractivity contribution in [1.29, 1.82) is 0 Å². The van der Waals surface area contributed by atoms with E-state index in [9.17, 15) is 14.4 Å². The number of carbonyl (C=O) groups excluding carboxylic acids is 2. The number of fused-ring (bicyclic) bond motifs is 1. The summed E-state index contributed by atoms with van der Waals surface area (Å²) in [5, 5.41) is 0. The fraction of sp³-hybridized carbons (Fsp3) is 0.400. The third-order valence-corrected chi connectivity index (χ3v) is 7.78. The molecule has 1 aliphatic heterocycles. The third-order valence-electron chi connectivity index (χ3n) is 7.78. The van der Waals surface area contributed by atoms with E-state index < -0.39 is 17.3 Å². The fourth-order valence-corrected chi connectivity index (χ4v) is 5.59. The Morgan fingerprint density at radius 1 is 0.956 bits per heavy atom. The molecule has 0 radical (unpaired) electrons. The lowest BCUT2D eigenvalue weighted by Crippen LogP contribution is -2.39. The van der Waals surface area contributed by atoms with E-state index in [0.29, 0.717) is 29.9 Å². The van der Waals surface area contributed by atoms with Crippen LogP contribution in [0.25, 0.3) is 11.1 Å². The Kier molecular flexibility index (Phi) is 11.2. The highest BCUT2D eigenvalue weighted by Gasteiger charge is 2.27. The molecule has 1 amide bonds. The molecule has 9 nitrogen and oxygen atoms in total. The minimum Gasteiger partial charge on any atom is -0.482 e. The molecule has 0 bridgehead atoms. The van der Waals surface area contributed by atoms with Crippen molar-refractivity contribution >= 4 is 36.5 Å². The highest BCUT2D eigenvalue weighted by atomic mass is 32.1. The van der Waals surface area contributed by atoms with Crippen molar-refractivity contribution in [3.8, 4) is 5.75 Å². The van der Waals surface area contributed by atoms with Crippen LogP contribution < -0.4 is 10.5 Å². The van der Waals surface area contributed by atoms with Crippen LogP contribution in [0.1, 0.15) is 56.3 Å².